The summed E-state index contributed by atoms with van der Waals surface area (Å²) in [5.41, 5.74) is 7.33. The molecule has 0 saturated heterocycles. The molecule has 0 amide bonds. The van der Waals surface area contributed by atoms with Gasteiger partial charge in [-0.1, -0.05) is 36.9 Å². The maximum Gasteiger partial charge on any atom is 0.0629 e. The quantitative estimate of drug-likeness (QED) is 0.903. The zero-order valence-corrected chi connectivity index (χ0v) is 10.9. The van der Waals surface area contributed by atoms with Gasteiger partial charge in [0.15, 0.2) is 0 Å². The van der Waals surface area contributed by atoms with Crippen molar-refractivity contribution in [2.45, 2.75) is 29.2 Å². The lowest BCUT2D eigenvalue weighted by atomic mass is 10.1. The molecule has 0 radical (unpaired) electrons. The molecule has 2 rings (SSSR count). The first kappa shape index (κ1) is 12.2. The van der Waals surface area contributed by atoms with E-state index in [1.165, 1.54) is 10.5 Å². The molecule has 1 atom stereocenters. The maximum absolute atomic E-state index is 6.12. The lowest BCUT2D eigenvalue weighted by molar-refractivity contribution is 0.685. The molecule has 0 saturated carbocycles. The minimum atomic E-state index is 0.107. The molecule has 0 fully saturated rings. The van der Waals surface area contributed by atoms with Crippen LogP contribution in [0.2, 0.25) is 0 Å². The Balaban J connectivity index is 2.26. The molecule has 0 spiro atoms. The average Bonchev–Trinajstić information content (AvgIpc) is 2.74. The van der Waals surface area contributed by atoms with Crippen molar-refractivity contribution in [3.05, 3.63) is 42.2 Å². The summed E-state index contributed by atoms with van der Waals surface area (Å²) in [6, 6.07) is 8.41. The number of nitrogens with zero attached hydrogens (tertiary/aromatic N) is 2. The maximum atomic E-state index is 6.12. The van der Waals surface area contributed by atoms with Crippen molar-refractivity contribution in [2.75, 3.05) is 0 Å². The van der Waals surface area contributed by atoms with Gasteiger partial charge in [-0.3, -0.25) is 4.68 Å². The first-order valence-electron chi connectivity index (χ1n) is 5.71. The Morgan fingerprint density at radius 3 is 2.82 bits per heavy atom. The Morgan fingerprint density at radius 1 is 1.41 bits per heavy atom. The van der Waals surface area contributed by atoms with Crippen LogP contribution in [0.5, 0.6) is 0 Å². The van der Waals surface area contributed by atoms with Gasteiger partial charge in [0.25, 0.3) is 0 Å². The topological polar surface area (TPSA) is 43.8 Å². The second-order valence-electron chi connectivity index (χ2n) is 4.00. The van der Waals surface area contributed by atoms with Gasteiger partial charge in [0, 0.05) is 24.2 Å². The third kappa shape index (κ3) is 2.90. The molecule has 1 heterocycles. The Labute approximate surface area is 106 Å². The number of hydrogen-bond donors (Lipinski definition) is 1. The smallest absolute Gasteiger partial charge is 0.0629 e. The van der Waals surface area contributed by atoms with Crippen LogP contribution in [0.1, 0.15) is 24.9 Å². The van der Waals surface area contributed by atoms with E-state index in [1.54, 1.807) is 11.8 Å². The third-order valence-corrected chi connectivity index (χ3v) is 3.71. The molecule has 1 unspecified atom stereocenters. The van der Waals surface area contributed by atoms with Crippen LogP contribution in [0.25, 0.3) is 0 Å². The first-order chi connectivity index (χ1) is 8.20. The molecule has 3 nitrogen and oxygen atoms in total. The van der Waals surface area contributed by atoms with Crippen LogP contribution in [-0.4, -0.2) is 9.78 Å². The fourth-order valence-electron chi connectivity index (χ4n) is 1.68. The van der Waals surface area contributed by atoms with Crippen LogP contribution in [-0.2, 0) is 7.05 Å². The van der Waals surface area contributed by atoms with Gasteiger partial charge in [0.05, 0.1) is 11.1 Å². The van der Waals surface area contributed by atoms with E-state index in [1.807, 2.05) is 36.3 Å². The van der Waals surface area contributed by atoms with Crippen molar-refractivity contribution < 1.29 is 0 Å². The van der Waals surface area contributed by atoms with Gasteiger partial charge in [-0.15, -0.1) is 0 Å². The predicted molar refractivity (Wildman–Crippen MR) is 71.0 cm³/mol. The van der Waals surface area contributed by atoms with Gasteiger partial charge < -0.3 is 5.73 Å². The van der Waals surface area contributed by atoms with E-state index in [9.17, 15) is 0 Å². The normalized spacial score (nSPS) is 12.6. The summed E-state index contributed by atoms with van der Waals surface area (Å²) in [6.07, 6.45) is 4.84. The third-order valence-electron chi connectivity index (χ3n) is 2.67. The number of nitrogens with two attached hydrogens (primary N) is 1. The lowest BCUT2D eigenvalue weighted by Gasteiger charge is -2.13. The minimum Gasteiger partial charge on any atom is -0.324 e. The number of benzene rings is 1. The summed E-state index contributed by atoms with van der Waals surface area (Å²) in [6.45, 7) is 2.11. The van der Waals surface area contributed by atoms with Crippen molar-refractivity contribution in [2.24, 2.45) is 12.8 Å². The van der Waals surface area contributed by atoms with Gasteiger partial charge in [0.1, 0.15) is 0 Å². The number of rotatable bonds is 4. The Hall–Kier alpha value is -1.26. The fraction of sp³-hybridized carbons (Fsp3) is 0.308. The highest BCUT2D eigenvalue weighted by Gasteiger charge is 2.10. The standard InChI is InChI=1S/C13H17N3S/c1-3-12(14)11-6-4-5-7-13(11)17-10-8-15-16(2)9-10/h4-9,12H,3,14H2,1-2H3. The first-order valence-corrected chi connectivity index (χ1v) is 6.53. The molecule has 4 heteroatoms. The number of aryl methyl sites for hydroxylation is 1. The largest absolute Gasteiger partial charge is 0.324 e. The van der Waals surface area contributed by atoms with Crippen molar-refractivity contribution >= 4 is 11.8 Å². The number of hydrogen-bond acceptors (Lipinski definition) is 3. The van der Waals surface area contributed by atoms with E-state index < -0.39 is 0 Å². The zero-order chi connectivity index (χ0) is 12.3. The van der Waals surface area contributed by atoms with E-state index in [0.29, 0.717) is 0 Å². The van der Waals surface area contributed by atoms with E-state index >= 15 is 0 Å². The van der Waals surface area contributed by atoms with Crippen LogP contribution in [0.15, 0.2) is 46.5 Å². The molecule has 2 N–H and O–H groups in total. The molecule has 90 valence electrons. The van der Waals surface area contributed by atoms with Crippen LogP contribution in [0.4, 0.5) is 0 Å². The summed E-state index contributed by atoms with van der Waals surface area (Å²) < 4.78 is 1.81. The molecule has 0 bridgehead atoms. The highest BCUT2D eigenvalue weighted by atomic mass is 32.2. The Kier molecular flexibility index (Phi) is 3.86. The fourth-order valence-corrected chi connectivity index (χ4v) is 2.72. The van der Waals surface area contributed by atoms with Crippen LogP contribution >= 0.6 is 11.8 Å². The van der Waals surface area contributed by atoms with Crippen molar-refractivity contribution in [3.8, 4) is 0 Å². The van der Waals surface area contributed by atoms with E-state index in [2.05, 4.69) is 24.2 Å². The molecule has 2 aromatic rings. The van der Waals surface area contributed by atoms with Crippen LogP contribution in [0, 0.1) is 0 Å². The zero-order valence-electron chi connectivity index (χ0n) is 10.1. The highest BCUT2D eigenvalue weighted by Crippen LogP contribution is 2.32. The molecule has 0 aliphatic carbocycles. The van der Waals surface area contributed by atoms with Crippen LogP contribution in [0.3, 0.4) is 0 Å². The van der Waals surface area contributed by atoms with E-state index in [-0.39, 0.29) is 6.04 Å². The summed E-state index contributed by atoms with van der Waals surface area (Å²) in [5.74, 6) is 0. The predicted octanol–water partition coefficient (Wildman–Crippen LogP) is 2.98. The van der Waals surface area contributed by atoms with Gasteiger partial charge in [-0.2, -0.15) is 5.10 Å². The van der Waals surface area contributed by atoms with Gasteiger partial charge in [-0.25, -0.2) is 0 Å². The van der Waals surface area contributed by atoms with Gasteiger partial charge >= 0.3 is 0 Å². The van der Waals surface area contributed by atoms with Crippen LogP contribution < -0.4 is 5.73 Å². The molecule has 1 aromatic carbocycles. The Morgan fingerprint density at radius 2 is 2.18 bits per heavy atom. The molecular formula is C13H17N3S. The molecular weight excluding hydrogens is 230 g/mol. The summed E-state index contributed by atoms with van der Waals surface area (Å²) in [7, 11) is 1.92. The van der Waals surface area contributed by atoms with E-state index in [4.69, 9.17) is 5.73 Å². The second kappa shape index (κ2) is 5.38. The molecule has 0 aliphatic heterocycles. The van der Waals surface area contributed by atoms with Crippen molar-refractivity contribution in [3.63, 3.8) is 0 Å². The molecule has 0 aliphatic rings. The molecule has 1 aromatic heterocycles. The van der Waals surface area contributed by atoms with Crippen molar-refractivity contribution in [1.82, 2.24) is 9.78 Å². The van der Waals surface area contributed by atoms with Crippen molar-refractivity contribution in [1.29, 1.82) is 0 Å². The monoisotopic (exact) mass is 247 g/mol. The van der Waals surface area contributed by atoms with Gasteiger partial charge in [0.2, 0.25) is 0 Å². The summed E-state index contributed by atoms with van der Waals surface area (Å²) >= 11 is 1.72. The second-order valence-corrected chi connectivity index (χ2v) is 5.12. The highest BCUT2D eigenvalue weighted by molar-refractivity contribution is 7.99. The Bertz CT molecular complexity index is 493. The lowest BCUT2D eigenvalue weighted by Crippen LogP contribution is -2.09. The SMILES string of the molecule is CCC(N)c1ccccc1Sc1cnn(C)c1. The van der Waals surface area contributed by atoms with Gasteiger partial charge in [-0.05, 0) is 18.1 Å². The molecule has 17 heavy (non-hydrogen) atoms. The summed E-state index contributed by atoms with van der Waals surface area (Å²) in [5, 5.41) is 4.17. The summed E-state index contributed by atoms with van der Waals surface area (Å²) in [4.78, 5) is 2.36. The number of aromatic nitrogens is 2. The average molecular weight is 247 g/mol. The minimum absolute atomic E-state index is 0.107. The van der Waals surface area contributed by atoms with E-state index in [0.717, 1.165) is 11.3 Å².